The van der Waals surface area contributed by atoms with Crippen molar-refractivity contribution in [2.45, 2.75) is 6.54 Å². The molecule has 0 unspecified atom stereocenters. The quantitative estimate of drug-likeness (QED) is 0.230. The molecule has 0 saturated heterocycles. The van der Waals surface area contributed by atoms with E-state index in [4.69, 9.17) is 11.6 Å². The van der Waals surface area contributed by atoms with Crippen molar-refractivity contribution in [3.63, 3.8) is 0 Å². The van der Waals surface area contributed by atoms with Crippen LogP contribution >= 0.6 is 11.6 Å². The summed E-state index contributed by atoms with van der Waals surface area (Å²) in [5.74, 6) is 0. The van der Waals surface area contributed by atoms with Crippen LogP contribution in [0.25, 0.3) is 0 Å². The standard InChI is InChI=1S/C15H17ClN.6FH.Sb.3H/c1-17(2,15-6-4-3-5-7-15)12-13-8-10-14(16)11-9-13;;;;;;;;;;/h3-11H,12H2,1-2H3;6*1H;;;;/q+1;;;;;;;;;;/p-6. The summed E-state index contributed by atoms with van der Waals surface area (Å²) in [6.45, 7) is 0.960. The zero-order valence-electron chi connectivity index (χ0n) is 13.2. The van der Waals surface area contributed by atoms with Crippen LogP contribution in [0.15, 0.2) is 54.6 Å². The first-order valence-corrected chi connectivity index (χ1v) is 6.09. The van der Waals surface area contributed by atoms with Gasteiger partial charge in [0.15, 0.2) is 0 Å². The molecule has 0 aromatic heterocycles. The molecule has 0 radical (unpaired) electrons. The van der Waals surface area contributed by atoms with Crippen LogP contribution < -0.4 is 32.7 Å². The Morgan fingerprint density at radius 3 is 1.54 bits per heavy atom. The summed E-state index contributed by atoms with van der Waals surface area (Å²) in [6.07, 6.45) is 0. The van der Waals surface area contributed by atoms with Gasteiger partial charge in [-0.15, -0.1) is 0 Å². The maximum atomic E-state index is 5.89. The van der Waals surface area contributed by atoms with Crippen LogP contribution in [0.2, 0.25) is 5.02 Å². The SMILES string of the molecule is C[N+](C)(Cc1ccc(Cl)cc1)c1ccccc1.[F-].[F-].[F-].[F-].[F-].[F-].[SbH3]. The summed E-state index contributed by atoms with van der Waals surface area (Å²) < 4.78 is 0.836. The summed E-state index contributed by atoms with van der Waals surface area (Å²) in [5.41, 5.74) is 2.60. The van der Waals surface area contributed by atoms with Gasteiger partial charge in [-0.3, -0.25) is 4.48 Å². The monoisotopic (exact) mass is 484 g/mol. The predicted molar refractivity (Wildman–Crippen MR) is 85.2 cm³/mol. The molecule has 0 bridgehead atoms. The van der Waals surface area contributed by atoms with Crippen molar-refractivity contribution < 1.29 is 28.2 Å². The van der Waals surface area contributed by atoms with E-state index in [0.717, 1.165) is 16.1 Å². The first-order valence-electron chi connectivity index (χ1n) is 5.71. The molecule has 0 saturated carbocycles. The minimum absolute atomic E-state index is 0. The van der Waals surface area contributed by atoms with Crippen LogP contribution in [-0.2, 0) is 6.54 Å². The van der Waals surface area contributed by atoms with E-state index >= 15 is 0 Å². The second kappa shape index (κ2) is 16.9. The normalized spacial score (nSPS) is 8.12. The fourth-order valence-corrected chi connectivity index (χ4v) is 2.10. The molecule has 0 amide bonds. The van der Waals surface area contributed by atoms with E-state index in [-0.39, 0.29) is 52.7 Å². The number of para-hydroxylation sites is 1. The Kier molecular flexibility index (Phi) is 27.2. The van der Waals surface area contributed by atoms with Gasteiger partial charge in [0.25, 0.3) is 0 Å². The molecule has 2 rings (SSSR count). The summed E-state index contributed by atoms with van der Waals surface area (Å²) in [7, 11) is 4.42. The molecule has 0 N–H and O–H groups in total. The Morgan fingerprint density at radius 1 is 0.708 bits per heavy atom. The van der Waals surface area contributed by atoms with Crippen molar-refractivity contribution in [1.82, 2.24) is 4.48 Å². The predicted octanol–water partition coefficient (Wildman–Crippen LogP) is -15.1. The van der Waals surface area contributed by atoms with Crippen molar-refractivity contribution in [3.8, 4) is 0 Å². The van der Waals surface area contributed by atoms with Crippen LogP contribution in [0.4, 0.5) is 5.69 Å². The molecule has 144 valence electrons. The second-order valence-corrected chi connectivity index (χ2v) is 5.24. The summed E-state index contributed by atoms with van der Waals surface area (Å²) >= 11 is 5.89. The molecule has 0 atom stereocenters. The molecule has 2 aromatic carbocycles. The van der Waals surface area contributed by atoms with Gasteiger partial charge in [-0.05, 0) is 24.3 Å². The van der Waals surface area contributed by atoms with Gasteiger partial charge >= 0.3 is 24.4 Å². The number of hydrogen-bond acceptors (Lipinski definition) is 0. The van der Waals surface area contributed by atoms with Crippen LogP contribution in [0, 0.1) is 0 Å². The van der Waals surface area contributed by atoms with E-state index in [2.05, 4.69) is 50.5 Å². The van der Waals surface area contributed by atoms with Crippen LogP contribution in [0.3, 0.4) is 0 Å². The van der Waals surface area contributed by atoms with Gasteiger partial charge in [-0.1, -0.05) is 41.9 Å². The van der Waals surface area contributed by atoms with Gasteiger partial charge in [-0.2, -0.15) is 0 Å². The summed E-state index contributed by atoms with van der Waals surface area (Å²) in [5, 5.41) is 0.791. The zero-order chi connectivity index (χ0) is 12.3. The Bertz CT molecular complexity index is 499. The summed E-state index contributed by atoms with van der Waals surface area (Å²) in [6, 6.07) is 18.6. The Morgan fingerprint density at radius 2 is 1.12 bits per heavy atom. The molecule has 1 nitrogen and oxygen atoms in total. The third-order valence-electron chi connectivity index (χ3n) is 2.95. The van der Waals surface area contributed by atoms with Gasteiger partial charge in [0.1, 0.15) is 12.2 Å². The van der Waals surface area contributed by atoms with Gasteiger partial charge in [-0.25, -0.2) is 0 Å². The fourth-order valence-electron chi connectivity index (χ4n) is 1.97. The molecule has 0 spiro atoms. The number of benzene rings is 2. The van der Waals surface area contributed by atoms with Crippen LogP contribution in [0.5, 0.6) is 0 Å². The fraction of sp³-hybridized carbons (Fsp3) is 0.200. The molecule has 2 aromatic rings. The van der Waals surface area contributed by atoms with E-state index in [1.54, 1.807) is 0 Å². The molecule has 24 heavy (non-hydrogen) atoms. The molecular formula is C15H20ClF6NSb-5. The van der Waals surface area contributed by atoms with E-state index in [9.17, 15) is 0 Å². The number of halogens is 7. The third kappa shape index (κ3) is 10.8. The topological polar surface area (TPSA) is 0 Å². The minimum atomic E-state index is 0. The molecule has 0 fully saturated rings. The Hall–Kier alpha value is -0.912. The number of nitrogens with zero attached hydrogens (tertiary/aromatic N) is 1. The van der Waals surface area contributed by atoms with Crippen molar-refractivity contribution in [2.24, 2.45) is 0 Å². The van der Waals surface area contributed by atoms with Crippen LogP contribution in [-0.4, -0.2) is 38.5 Å². The first-order chi connectivity index (χ1) is 8.08. The molecular weight excluding hydrogens is 465 g/mol. The van der Waals surface area contributed by atoms with Crippen molar-refractivity contribution in [2.75, 3.05) is 14.1 Å². The van der Waals surface area contributed by atoms with Crippen LogP contribution in [0.1, 0.15) is 5.56 Å². The number of quaternary nitrogens is 1. The molecule has 0 heterocycles. The van der Waals surface area contributed by atoms with Crippen molar-refractivity contribution in [1.29, 1.82) is 0 Å². The average Bonchev–Trinajstić information content (AvgIpc) is 2.33. The van der Waals surface area contributed by atoms with E-state index in [1.165, 1.54) is 11.3 Å². The van der Waals surface area contributed by atoms with Crippen molar-refractivity contribution in [3.05, 3.63) is 65.2 Å². The van der Waals surface area contributed by atoms with E-state index in [0.29, 0.717) is 0 Å². The molecule has 0 aliphatic rings. The molecule has 0 aliphatic heterocycles. The van der Waals surface area contributed by atoms with E-state index in [1.807, 2.05) is 18.2 Å². The zero-order valence-corrected chi connectivity index (χ0v) is 18.0. The number of rotatable bonds is 3. The molecule has 9 heteroatoms. The van der Waals surface area contributed by atoms with Gasteiger partial charge in [0.05, 0.1) is 14.1 Å². The summed E-state index contributed by atoms with van der Waals surface area (Å²) in [4.78, 5) is 0. The third-order valence-corrected chi connectivity index (χ3v) is 3.20. The van der Waals surface area contributed by atoms with Gasteiger partial charge in [0.2, 0.25) is 0 Å². The molecule has 0 aliphatic carbocycles. The number of hydrogen-bond donors (Lipinski definition) is 0. The Labute approximate surface area is 160 Å². The van der Waals surface area contributed by atoms with Crippen molar-refractivity contribution >= 4 is 41.7 Å². The maximum absolute atomic E-state index is 5.89. The first kappa shape index (κ1) is 38.6. The van der Waals surface area contributed by atoms with Gasteiger partial charge < -0.3 is 28.2 Å². The van der Waals surface area contributed by atoms with Gasteiger partial charge in [0, 0.05) is 10.6 Å². The average molecular weight is 486 g/mol. The van der Waals surface area contributed by atoms with E-state index < -0.39 is 0 Å². The second-order valence-electron chi connectivity index (χ2n) is 4.81. The Balaban J connectivity index is -0.000000116.